The van der Waals surface area contributed by atoms with Crippen LogP contribution in [-0.2, 0) is 27.3 Å². The van der Waals surface area contributed by atoms with Crippen molar-refractivity contribution in [3.8, 4) is 16.9 Å². The molecule has 0 spiro atoms. The number of hydrogen-bond acceptors (Lipinski definition) is 6. The molecule has 1 aromatic heterocycles. The summed E-state index contributed by atoms with van der Waals surface area (Å²) in [6.45, 7) is 12.4. The molecule has 226 valence electrons. The van der Waals surface area contributed by atoms with E-state index in [9.17, 15) is 14.3 Å². The minimum Gasteiger partial charge on any atom is -0.493 e. The number of anilines is 1. The molecule has 2 heterocycles. The van der Waals surface area contributed by atoms with Crippen LogP contribution in [0.25, 0.3) is 11.1 Å². The summed E-state index contributed by atoms with van der Waals surface area (Å²) in [5, 5.41) is 10.3. The molecule has 1 saturated heterocycles. The van der Waals surface area contributed by atoms with Crippen molar-refractivity contribution in [2.45, 2.75) is 72.2 Å². The highest BCUT2D eigenvalue weighted by Crippen LogP contribution is 2.44. The average molecular weight is 579 g/mol. The molecule has 1 fully saturated rings. The highest BCUT2D eigenvalue weighted by molar-refractivity contribution is 5.87. The van der Waals surface area contributed by atoms with Crippen LogP contribution in [0, 0.1) is 11.2 Å². The van der Waals surface area contributed by atoms with Crippen molar-refractivity contribution in [3.05, 3.63) is 77.4 Å². The SMILES string of the molecule is COCc1ncc(C(OC(C)(C)C)C(=O)O)c(N2CCC(C)(C)CC2)c1-c1ccc(OCCc2ccc(F)cc2)cc1. The largest absolute Gasteiger partial charge is 0.493 e. The minimum atomic E-state index is -1.19. The molecule has 0 radical (unpaired) electrons. The van der Waals surface area contributed by atoms with Crippen molar-refractivity contribution in [3.63, 3.8) is 0 Å². The van der Waals surface area contributed by atoms with Gasteiger partial charge >= 0.3 is 5.97 Å². The van der Waals surface area contributed by atoms with Crippen molar-refractivity contribution in [2.24, 2.45) is 5.41 Å². The standard InChI is InChI=1S/C34H43FN2O5/c1-33(2,3)42-31(32(38)39)27-21-36-28(22-40-6)29(30(27)37-18-16-34(4,5)17-19-37)24-9-13-26(14-10-24)41-20-15-23-7-11-25(35)12-8-23/h7-14,21,31H,15-20,22H2,1-6H3,(H,38,39). The van der Waals surface area contributed by atoms with Gasteiger partial charge in [0.1, 0.15) is 11.6 Å². The summed E-state index contributed by atoms with van der Waals surface area (Å²) in [6.07, 6.45) is 3.07. The number of rotatable bonds is 11. The predicted molar refractivity (Wildman–Crippen MR) is 162 cm³/mol. The van der Waals surface area contributed by atoms with Gasteiger partial charge < -0.3 is 24.2 Å². The van der Waals surface area contributed by atoms with Gasteiger partial charge in [0.25, 0.3) is 0 Å². The maximum Gasteiger partial charge on any atom is 0.337 e. The molecule has 0 aliphatic carbocycles. The van der Waals surface area contributed by atoms with Crippen molar-refractivity contribution in [2.75, 3.05) is 31.7 Å². The van der Waals surface area contributed by atoms with Gasteiger partial charge in [0, 0.05) is 43.9 Å². The Bertz CT molecular complexity index is 1340. The van der Waals surface area contributed by atoms with Crippen LogP contribution in [0.4, 0.5) is 10.1 Å². The Kier molecular flexibility index (Phi) is 9.89. The number of aromatic nitrogens is 1. The molecule has 1 aliphatic heterocycles. The number of benzene rings is 2. The Labute approximate surface area is 248 Å². The summed E-state index contributed by atoms with van der Waals surface area (Å²) in [7, 11) is 1.63. The first-order chi connectivity index (χ1) is 19.9. The fourth-order valence-electron chi connectivity index (χ4n) is 5.23. The molecule has 1 atom stereocenters. The van der Waals surface area contributed by atoms with Gasteiger partial charge in [0.15, 0.2) is 6.10 Å². The van der Waals surface area contributed by atoms with Gasteiger partial charge in [-0.05, 0) is 74.4 Å². The van der Waals surface area contributed by atoms with Crippen LogP contribution in [0.3, 0.4) is 0 Å². The number of carbonyl (C=O) groups is 1. The minimum absolute atomic E-state index is 0.209. The zero-order valence-corrected chi connectivity index (χ0v) is 25.6. The fourth-order valence-corrected chi connectivity index (χ4v) is 5.23. The number of pyridine rings is 1. The zero-order valence-electron chi connectivity index (χ0n) is 25.6. The van der Waals surface area contributed by atoms with Gasteiger partial charge in [0.2, 0.25) is 0 Å². The maximum atomic E-state index is 13.2. The van der Waals surface area contributed by atoms with Crippen molar-refractivity contribution in [1.29, 1.82) is 0 Å². The first-order valence-corrected chi connectivity index (χ1v) is 14.5. The Hall–Kier alpha value is -3.49. The molecule has 42 heavy (non-hydrogen) atoms. The highest BCUT2D eigenvalue weighted by atomic mass is 19.1. The van der Waals surface area contributed by atoms with E-state index in [1.165, 1.54) is 12.1 Å². The van der Waals surface area contributed by atoms with Crippen LogP contribution >= 0.6 is 0 Å². The third kappa shape index (κ3) is 8.07. The lowest BCUT2D eigenvalue weighted by Crippen LogP contribution is -2.39. The number of halogens is 1. The summed E-state index contributed by atoms with van der Waals surface area (Å²) in [4.78, 5) is 19.6. The Morgan fingerprint density at radius 1 is 1.07 bits per heavy atom. The first-order valence-electron chi connectivity index (χ1n) is 14.5. The number of aliphatic carboxylic acids is 1. The van der Waals surface area contributed by atoms with Gasteiger partial charge in [-0.15, -0.1) is 0 Å². The van der Waals surface area contributed by atoms with Crippen LogP contribution in [0.15, 0.2) is 54.7 Å². The number of hydrogen-bond donors (Lipinski definition) is 1. The fraction of sp³-hybridized carbons (Fsp3) is 0.471. The van der Waals surface area contributed by atoms with Gasteiger partial charge in [0.05, 0.1) is 30.2 Å². The molecule has 1 aliphatic rings. The van der Waals surface area contributed by atoms with Crippen LogP contribution in [0.5, 0.6) is 5.75 Å². The molecule has 7 nitrogen and oxygen atoms in total. The van der Waals surface area contributed by atoms with E-state index in [2.05, 4.69) is 18.7 Å². The molecule has 8 heteroatoms. The third-order valence-electron chi connectivity index (χ3n) is 7.57. The van der Waals surface area contributed by atoms with Gasteiger partial charge in [-0.1, -0.05) is 38.1 Å². The van der Waals surface area contributed by atoms with Crippen molar-refractivity contribution in [1.82, 2.24) is 4.98 Å². The van der Waals surface area contributed by atoms with Crippen LogP contribution in [0.1, 0.15) is 70.4 Å². The topological polar surface area (TPSA) is 81.1 Å². The third-order valence-corrected chi connectivity index (χ3v) is 7.57. The Morgan fingerprint density at radius 3 is 2.29 bits per heavy atom. The van der Waals surface area contributed by atoms with E-state index < -0.39 is 17.7 Å². The lowest BCUT2D eigenvalue weighted by molar-refractivity contribution is -0.160. The Morgan fingerprint density at radius 2 is 1.71 bits per heavy atom. The maximum absolute atomic E-state index is 13.2. The number of ether oxygens (including phenoxy) is 3. The molecule has 2 aromatic carbocycles. The molecule has 4 rings (SSSR count). The molecular formula is C34H43FN2O5. The summed E-state index contributed by atoms with van der Waals surface area (Å²) in [6, 6.07) is 14.2. The number of nitrogens with zero attached hydrogens (tertiary/aromatic N) is 2. The second-order valence-electron chi connectivity index (χ2n) is 12.7. The Balaban J connectivity index is 1.73. The lowest BCUT2D eigenvalue weighted by atomic mass is 9.82. The highest BCUT2D eigenvalue weighted by Gasteiger charge is 2.35. The van der Waals surface area contributed by atoms with Crippen molar-refractivity contribution < 1.29 is 28.5 Å². The zero-order chi connectivity index (χ0) is 30.5. The van der Waals surface area contributed by atoms with Crippen LogP contribution < -0.4 is 9.64 Å². The van der Waals surface area contributed by atoms with Gasteiger partial charge in [-0.25, -0.2) is 9.18 Å². The summed E-state index contributed by atoms with van der Waals surface area (Å²) in [5.41, 5.74) is 4.35. The molecule has 0 bridgehead atoms. The number of carboxylic acid groups (broad SMARTS) is 1. The van der Waals surface area contributed by atoms with Crippen LogP contribution in [-0.4, -0.2) is 48.5 Å². The first kappa shape index (κ1) is 31.4. The quantitative estimate of drug-likeness (QED) is 0.257. The number of methoxy groups -OCH3 is 1. The van der Waals surface area contributed by atoms with E-state index in [4.69, 9.17) is 19.2 Å². The summed E-state index contributed by atoms with van der Waals surface area (Å²) >= 11 is 0. The monoisotopic (exact) mass is 578 g/mol. The molecule has 0 amide bonds. The smallest absolute Gasteiger partial charge is 0.337 e. The summed E-state index contributed by atoms with van der Waals surface area (Å²) in [5.74, 6) is -0.603. The molecule has 3 aromatic rings. The van der Waals surface area contributed by atoms with E-state index in [0.29, 0.717) is 24.3 Å². The molecule has 1 unspecified atom stereocenters. The van der Waals surface area contributed by atoms with E-state index >= 15 is 0 Å². The van der Waals surface area contributed by atoms with Crippen LogP contribution in [0.2, 0.25) is 0 Å². The molecule has 0 saturated carbocycles. The summed E-state index contributed by atoms with van der Waals surface area (Å²) < 4.78 is 30.9. The van der Waals surface area contributed by atoms with Crippen molar-refractivity contribution >= 4 is 11.7 Å². The number of carboxylic acids is 1. The van der Waals surface area contributed by atoms with E-state index in [1.807, 2.05) is 45.0 Å². The van der Waals surface area contributed by atoms with Gasteiger partial charge in [-0.2, -0.15) is 0 Å². The lowest BCUT2D eigenvalue weighted by Gasteiger charge is -2.41. The second-order valence-corrected chi connectivity index (χ2v) is 12.7. The van der Waals surface area contributed by atoms with Gasteiger partial charge in [-0.3, -0.25) is 4.98 Å². The number of piperidine rings is 1. The average Bonchev–Trinajstić information content (AvgIpc) is 2.93. The molecular weight excluding hydrogens is 535 g/mol. The second kappa shape index (κ2) is 13.2. The normalized spacial score (nSPS) is 15.8. The predicted octanol–water partition coefficient (Wildman–Crippen LogP) is 7.22. The molecule has 1 N–H and O–H groups in total. The van der Waals surface area contributed by atoms with E-state index in [0.717, 1.165) is 54.0 Å². The van der Waals surface area contributed by atoms with E-state index in [1.54, 1.807) is 25.4 Å². The van der Waals surface area contributed by atoms with E-state index in [-0.39, 0.29) is 17.8 Å².